The molecular weight excluding hydrogens is 194 g/mol. The molecule has 0 bridgehead atoms. The summed E-state index contributed by atoms with van der Waals surface area (Å²) in [5.41, 5.74) is -1.07. The minimum absolute atomic E-state index is 0.189. The van der Waals surface area contributed by atoms with Gasteiger partial charge in [-0.15, -0.1) is 0 Å². The van der Waals surface area contributed by atoms with Crippen molar-refractivity contribution in [1.29, 1.82) is 0 Å². The topological polar surface area (TPSA) is 57.6 Å². The molecule has 1 rings (SSSR count). The van der Waals surface area contributed by atoms with Gasteiger partial charge in [0.1, 0.15) is 5.41 Å². The number of carboxylic acid groups (broad SMARTS) is 1. The molecule has 0 unspecified atom stereocenters. The Hall–Kier alpha value is -1.06. The molecule has 1 fully saturated rings. The summed E-state index contributed by atoms with van der Waals surface area (Å²) in [6.45, 7) is 5.24. The Balaban J connectivity index is 2.61. The van der Waals surface area contributed by atoms with Crippen molar-refractivity contribution in [2.75, 3.05) is 13.1 Å². The van der Waals surface area contributed by atoms with E-state index in [1.807, 2.05) is 6.92 Å². The third kappa shape index (κ3) is 2.30. The first kappa shape index (κ1) is 12.0. The van der Waals surface area contributed by atoms with Crippen molar-refractivity contribution in [1.82, 2.24) is 4.90 Å². The lowest BCUT2D eigenvalue weighted by molar-refractivity contribution is -0.153. The van der Waals surface area contributed by atoms with Gasteiger partial charge in [0.2, 0.25) is 5.91 Å². The fourth-order valence-electron chi connectivity index (χ4n) is 1.70. The lowest BCUT2D eigenvalue weighted by Gasteiger charge is -2.23. The fourth-order valence-corrected chi connectivity index (χ4v) is 1.70. The van der Waals surface area contributed by atoms with Crippen LogP contribution in [-0.4, -0.2) is 35.0 Å². The third-order valence-corrected chi connectivity index (χ3v) is 3.02. The summed E-state index contributed by atoms with van der Waals surface area (Å²) in [7, 11) is 0. The molecule has 1 aliphatic carbocycles. The maximum absolute atomic E-state index is 12.0. The van der Waals surface area contributed by atoms with Gasteiger partial charge in [-0.2, -0.15) is 0 Å². The Morgan fingerprint density at radius 3 is 2.27 bits per heavy atom. The van der Waals surface area contributed by atoms with Gasteiger partial charge in [0.05, 0.1) is 0 Å². The number of hydrogen-bond donors (Lipinski definition) is 1. The van der Waals surface area contributed by atoms with E-state index in [9.17, 15) is 9.59 Å². The van der Waals surface area contributed by atoms with Crippen molar-refractivity contribution in [2.45, 2.75) is 39.5 Å². The van der Waals surface area contributed by atoms with Gasteiger partial charge in [-0.25, -0.2) is 0 Å². The predicted octanol–water partition coefficient (Wildman–Crippen LogP) is 1.50. The van der Waals surface area contributed by atoms with Crippen LogP contribution >= 0.6 is 0 Å². The first-order valence-electron chi connectivity index (χ1n) is 5.61. The molecule has 1 N–H and O–H groups in total. The van der Waals surface area contributed by atoms with Crippen molar-refractivity contribution >= 4 is 11.9 Å². The Morgan fingerprint density at radius 1 is 1.33 bits per heavy atom. The van der Waals surface area contributed by atoms with Crippen LogP contribution in [-0.2, 0) is 9.59 Å². The monoisotopic (exact) mass is 213 g/mol. The highest BCUT2D eigenvalue weighted by atomic mass is 16.4. The number of nitrogens with zero attached hydrogens (tertiary/aromatic N) is 1. The van der Waals surface area contributed by atoms with Gasteiger partial charge < -0.3 is 10.0 Å². The van der Waals surface area contributed by atoms with Gasteiger partial charge in [-0.05, 0) is 26.2 Å². The Kier molecular flexibility index (Phi) is 3.72. The number of hydrogen-bond acceptors (Lipinski definition) is 2. The number of carbonyl (C=O) groups is 2. The van der Waals surface area contributed by atoms with E-state index >= 15 is 0 Å². The average molecular weight is 213 g/mol. The van der Waals surface area contributed by atoms with Gasteiger partial charge in [0.15, 0.2) is 0 Å². The van der Waals surface area contributed by atoms with Crippen LogP contribution in [0.2, 0.25) is 0 Å². The summed E-state index contributed by atoms with van der Waals surface area (Å²) in [5.74, 6) is -1.15. The summed E-state index contributed by atoms with van der Waals surface area (Å²) in [6, 6.07) is 0. The van der Waals surface area contributed by atoms with Crippen LogP contribution in [0.4, 0.5) is 0 Å². The van der Waals surface area contributed by atoms with E-state index in [-0.39, 0.29) is 5.91 Å². The normalized spacial score (nSPS) is 17.2. The number of aliphatic carboxylic acids is 1. The molecule has 0 atom stereocenters. The van der Waals surface area contributed by atoms with Crippen molar-refractivity contribution in [2.24, 2.45) is 5.41 Å². The Labute approximate surface area is 90.3 Å². The van der Waals surface area contributed by atoms with Crippen LogP contribution in [0.25, 0.3) is 0 Å². The molecule has 0 spiro atoms. The number of carbonyl (C=O) groups excluding carboxylic acids is 1. The molecule has 1 saturated carbocycles. The van der Waals surface area contributed by atoms with Gasteiger partial charge in [0.25, 0.3) is 0 Å². The van der Waals surface area contributed by atoms with Crippen LogP contribution in [0.5, 0.6) is 0 Å². The average Bonchev–Trinajstić information content (AvgIpc) is 2.99. The molecule has 0 radical (unpaired) electrons. The molecule has 0 aromatic heterocycles. The maximum Gasteiger partial charge on any atom is 0.319 e. The summed E-state index contributed by atoms with van der Waals surface area (Å²) < 4.78 is 0. The molecule has 0 aliphatic heterocycles. The Bertz CT molecular complexity index is 259. The van der Waals surface area contributed by atoms with Crippen molar-refractivity contribution in [3.8, 4) is 0 Å². The molecule has 0 aromatic rings. The standard InChI is InChI=1S/C11H19NO3/c1-3-5-8-12(4-2)9(13)11(6-7-11)10(14)15/h3-8H2,1-2H3,(H,14,15). The zero-order chi connectivity index (χ0) is 11.5. The molecule has 0 aromatic carbocycles. The van der Waals surface area contributed by atoms with Crippen molar-refractivity contribution in [3.63, 3.8) is 0 Å². The maximum atomic E-state index is 12.0. The van der Waals surface area contributed by atoms with Crippen LogP contribution < -0.4 is 0 Å². The fraction of sp³-hybridized carbons (Fsp3) is 0.818. The zero-order valence-corrected chi connectivity index (χ0v) is 9.45. The highest BCUT2D eigenvalue weighted by Gasteiger charge is 2.58. The lowest BCUT2D eigenvalue weighted by Crippen LogP contribution is -2.41. The zero-order valence-electron chi connectivity index (χ0n) is 9.45. The highest BCUT2D eigenvalue weighted by Crippen LogP contribution is 2.47. The molecule has 86 valence electrons. The van der Waals surface area contributed by atoms with E-state index in [1.165, 1.54) is 0 Å². The quantitative estimate of drug-likeness (QED) is 0.680. The summed E-state index contributed by atoms with van der Waals surface area (Å²) >= 11 is 0. The second-order valence-electron chi connectivity index (χ2n) is 4.13. The first-order chi connectivity index (χ1) is 7.08. The van der Waals surface area contributed by atoms with Gasteiger partial charge >= 0.3 is 5.97 Å². The second-order valence-corrected chi connectivity index (χ2v) is 4.13. The molecule has 0 heterocycles. The van der Waals surface area contributed by atoms with E-state index in [2.05, 4.69) is 6.92 Å². The van der Waals surface area contributed by atoms with Crippen LogP contribution in [0.1, 0.15) is 39.5 Å². The summed E-state index contributed by atoms with van der Waals surface area (Å²) in [4.78, 5) is 24.6. The summed E-state index contributed by atoms with van der Waals surface area (Å²) in [6.07, 6.45) is 2.96. The van der Waals surface area contributed by atoms with Crippen molar-refractivity contribution < 1.29 is 14.7 Å². The van der Waals surface area contributed by atoms with Crippen LogP contribution in [0.3, 0.4) is 0 Å². The molecule has 15 heavy (non-hydrogen) atoms. The minimum atomic E-state index is -1.07. The van der Waals surface area contributed by atoms with E-state index in [1.54, 1.807) is 4.90 Å². The molecule has 4 nitrogen and oxygen atoms in total. The smallest absolute Gasteiger partial charge is 0.319 e. The molecule has 0 saturated heterocycles. The van der Waals surface area contributed by atoms with E-state index in [0.717, 1.165) is 12.8 Å². The van der Waals surface area contributed by atoms with Crippen LogP contribution in [0, 0.1) is 5.41 Å². The number of amides is 1. The first-order valence-corrected chi connectivity index (χ1v) is 5.61. The minimum Gasteiger partial charge on any atom is -0.480 e. The van der Waals surface area contributed by atoms with Gasteiger partial charge in [-0.3, -0.25) is 9.59 Å². The number of rotatable bonds is 6. The van der Waals surface area contributed by atoms with Gasteiger partial charge in [0, 0.05) is 13.1 Å². The van der Waals surface area contributed by atoms with E-state index in [4.69, 9.17) is 5.11 Å². The van der Waals surface area contributed by atoms with Crippen molar-refractivity contribution in [3.05, 3.63) is 0 Å². The third-order valence-electron chi connectivity index (χ3n) is 3.02. The second kappa shape index (κ2) is 4.64. The molecule has 1 amide bonds. The Morgan fingerprint density at radius 2 is 1.93 bits per heavy atom. The predicted molar refractivity (Wildman–Crippen MR) is 56.5 cm³/mol. The van der Waals surface area contributed by atoms with E-state index in [0.29, 0.717) is 25.9 Å². The molecular formula is C11H19NO3. The molecule has 1 aliphatic rings. The van der Waals surface area contributed by atoms with Crippen LogP contribution in [0.15, 0.2) is 0 Å². The number of unbranched alkanes of at least 4 members (excludes halogenated alkanes) is 1. The number of carboxylic acids is 1. The SMILES string of the molecule is CCCCN(CC)C(=O)C1(C(=O)O)CC1. The summed E-state index contributed by atoms with van der Waals surface area (Å²) in [5, 5.41) is 9.00. The van der Waals surface area contributed by atoms with Gasteiger partial charge in [-0.1, -0.05) is 13.3 Å². The highest BCUT2D eigenvalue weighted by molar-refractivity contribution is 6.04. The largest absolute Gasteiger partial charge is 0.480 e. The molecule has 4 heteroatoms. The lowest BCUT2D eigenvalue weighted by atomic mass is 10.1. The van der Waals surface area contributed by atoms with E-state index < -0.39 is 11.4 Å².